The van der Waals surface area contributed by atoms with Crippen LogP contribution in [-0.2, 0) is 4.79 Å². The summed E-state index contributed by atoms with van der Waals surface area (Å²) in [6.07, 6.45) is 0.817. The number of hydrogen-bond acceptors (Lipinski definition) is 2. The third-order valence-corrected chi connectivity index (χ3v) is 5.00. The molecule has 25 heavy (non-hydrogen) atoms. The minimum atomic E-state index is -0.0437. The van der Waals surface area contributed by atoms with Gasteiger partial charge in [0.1, 0.15) is 0 Å². The molecule has 2 aromatic carbocycles. The lowest BCUT2D eigenvalue weighted by molar-refractivity contribution is -0.116. The van der Waals surface area contributed by atoms with Crippen LogP contribution in [0, 0.1) is 13.8 Å². The van der Waals surface area contributed by atoms with E-state index in [1.165, 1.54) is 11.1 Å². The number of anilines is 1. The van der Waals surface area contributed by atoms with Gasteiger partial charge in [-0.25, -0.2) is 0 Å². The third-order valence-electron chi connectivity index (χ3n) is 5.00. The highest BCUT2D eigenvalue weighted by Crippen LogP contribution is 2.37. The Bertz CT molecular complexity index is 813. The van der Waals surface area contributed by atoms with Crippen molar-refractivity contribution >= 4 is 17.5 Å². The van der Waals surface area contributed by atoms with Crippen molar-refractivity contribution in [3.8, 4) is 0 Å². The van der Waals surface area contributed by atoms with E-state index in [9.17, 15) is 9.59 Å². The average Bonchev–Trinajstić information content (AvgIpc) is 2.96. The van der Waals surface area contributed by atoms with Crippen molar-refractivity contribution in [2.45, 2.75) is 33.1 Å². The lowest BCUT2D eigenvalue weighted by Gasteiger charge is -2.15. The number of carbonyl (C=O) groups excluding carboxylic acids is 2. The first-order valence-corrected chi connectivity index (χ1v) is 8.70. The monoisotopic (exact) mass is 336 g/mol. The molecule has 0 saturated carbocycles. The Morgan fingerprint density at radius 1 is 1.12 bits per heavy atom. The Hall–Kier alpha value is -2.62. The molecule has 0 aliphatic carbocycles. The van der Waals surface area contributed by atoms with E-state index in [2.05, 4.69) is 11.4 Å². The van der Waals surface area contributed by atoms with Crippen molar-refractivity contribution in [3.63, 3.8) is 0 Å². The van der Waals surface area contributed by atoms with Crippen LogP contribution in [-0.4, -0.2) is 24.9 Å². The smallest absolute Gasteiger partial charge is 0.251 e. The molecule has 0 spiro atoms. The fraction of sp³-hybridized carbons (Fsp3) is 0.333. The fourth-order valence-corrected chi connectivity index (χ4v) is 3.39. The summed E-state index contributed by atoms with van der Waals surface area (Å²) in [6, 6.07) is 13.8. The molecule has 4 heteroatoms. The molecule has 2 amide bonds. The summed E-state index contributed by atoms with van der Waals surface area (Å²) in [7, 11) is 0. The maximum absolute atomic E-state index is 12.3. The van der Waals surface area contributed by atoms with Gasteiger partial charge in [0.05, 0.1) is 0 Å². The Kier molecular flexibility index (Phi) is 4.88. The van der Waals surface area contributed by atoms with Crippen molar-refractivity contribution in [2.24, 2.45) is 0 Å². The molecule has 1 aliphatic rings. The molecule has 1 atom stereocenters. The van der Waals surface area contributed by atoms with Crippen molar-refractivity contribution in [2.75, 3.05) is 18.0 Å². The van der Waals surface area contributed by atoms with Gasteiger partial charge in [-0.15, -0.1) is 0 Å². The standard InChI is InChI=1S/C21H24N2O2/c1-14-8-9-17(12-15(14)2)21(25)22-11-10-18-13-23(16(3)24)20-7-5-4-6-19(18)20/h4-9,12,18H,10-11,13H2,1-3H3,(H,22,25). The van der Waals surface area contributed by atoms with Crippen molar-refractivity contribution < 1.29 is 9.59 Å². The lowest BCUT2D eigenvalue weighted by Crippen LogP contribution is -2.29. The topological polar surface area (TPSA) is 49.4 Å². The predicted octanol–water partition coefficient (Wildman–Crippen LogP) is 3.57. The predicted molar refractivity (Wildman–Crippen MR) is 100 cm³/mol. The maximum Gasteiger partial charge on any atom is 0.251 e. The van der Waals surface area contributed by atoms with Crippen LogP contribution in [0.1, 0.15) is 46.3 Å². The molecule has 0 bridgehead atoms. The van der Waals surface area contributed by atoms with E-state index < -0.39 is 0 Å². The Labute approximate surface area is 148 Å². The molecule has 0 saturated heterocycles. The highest BCUT2D eigenvalue weighted by molar-refractivity contribution is 5.95. The molecule has 0 aromatic heterocycles. The summed E-state index contributed by atoms with van der Waals surface area (Å²) in [5, 5.41) is 3.01. The highest BCUT2D eigenvalue weighted by atomic mass is 16.2. The lowest BCUT2D eigenvalue weighted by atomic mass is 9.98. The average molecular weight is 336 g/mol. The molecule has 0 fully saturated rings. The van der Waals surface area contributed by atoms with Crippen molar-refractivity contribution in [1.29, 1.82) is 0 Å². The summed E-state index contributed by atoms with van der Waals surface area (Å²) >= 11 is 0. The molecule has 1 N–H and O–H groups in total. The van der Waals surface area contributed by atoms with Gasteiger partial charge in [-0.2, -0.15) is 0 Å². The van der Waals surface area contributed by atoms with Crippen LogP contribution in [0.5, 0.6) is 0 Å². The first-order valence-electron chi connectivity index (χ1n) is 8.70. The number of nitrogens with one attached hydrogen (secondary N) is 1. The van der Waals surface area contributed by atoms with Gasteiger partial charge >= 0.3 is 0 Å². The number of amides is 2. The number of hydrogen-bond donors (Lipinski definition) is 1. The number of para-hydroxylation sites is 1. The number of aryl methyl sites for hydroxylation is 2. The second-order valence-corrected chi connectivity index (χ2v) is 6.73. The minimum Gasteiger partial charge on any atom is -0.352 e. The molecule has 1 aliphatic heterocycles. The maximum atomic E-state index is 12.3. The second kappa shape index (κ2) is 7.09. The molecule has 1 heterocycles. The summed E-state index contributed by atoms with van der Waals surface area (Å²) in [5.74, 6) is 0.284. The van der Waals surface area contributed by atoms with Crippen molar-refractivity contribution in [1.82, 2.24) is 5.32 Å². The number of nitrogens with zero attached hydrogens (tertiary/aromatic N) is 1. The third kappa shape index (κ3) is 3.58. The number of rotatable bonds is 4. The van der Waals surface area contributed by atoms with E-state index in [1.54, 1.807) is 6.92 Å². The van der Waals surface area contributed by atoms with E-state index >= 15 is 0 Å². The van der Waals surface area contributed by atoms with Crippen LogP contribution in [0.25, 0.3) is 0 Å². The molecule has 2 aromatic rings. The van der Waals surface area contributed by atoms with Crippen LogP contribution in [0.3, 0.4) is 0 Å². The SMILES string of the molecule is CC(=O)N1CC(CCNC(=O)c2ccc(C)c(C)c2)c2ccccc21. The zero-order valence-electron chi connectivity index (χ0n) is 15.0. The molecule has 0 radical (unpaired) electrons. The molecular formula is C21H24N2O2. The van der Waals surface area contributed by atoms with Gasteiger partial charge in [0.2, 0.25) is 5.91 Å². The Balaban J connectivity index is 1.62. The van der Waals surface area contributed by atoms with E-state index in [1.807, 2.05) is 55.1 Å². The van der Waals surface area contributed by atoms with Crippen molar-refractivity contribution in [3.05, 3.63) is 64.7 Å². The van der Waals surface area contributed by atoms with Gasteiger partial charge in [-0.05, 0) is 55.2 Å². The normalized spacial score (nSPS) is 15.8. The number of carbonyl (C=O) groups is 2. The van der Waals surface area contributed by atoms with Crippen LogP contribution in [0.4, 0.5) is 5.69 Å². The van der Waals surface area contributed by atoms with Gasteiger partial charge in [-0.1, -0.05) is 24.3 Å². The van der Waals surface area contributed by atoms with Crippen LogP contribution >= 0.6 is 0 Å². The van der Waals surface area contributed by atoms with E-state index in [4.69, 9.17) is 0 Å². The first-order chi connectivity index (χ1) is 12.0. The number of benzene rings is 2. The molecule has 130 valence electrons. The summed E-state index contributed by atoms with van der Waals surface area (Å²) in [6.45, 7) is 6.93. The fourth-order valence-electron chi connectivity index (χ4n) is 3.39. The Morgan fingerprint density at radius 3 is 2.60 bits per heavy atom. The highest BCUT2D eigenvalue weighted by Gasteiger charge is 2.30. The molecule has 1 unspecified atom stereocenters. The molecule has 3 rings (SSSR count). The van der Waals surface area contributed by atoms with Gasteiger partial charge in [-0.3, -0.25) is 9.59 Å². The largest absolute Gasteiger partial charge is 0.352 e. The Morgan fingerprint density at radius 2 is 1.88 bits per heavy atom. The number of fused-ring (bicyclic) bond motifs is 1. The zero-order valence-corrected chi connectivity index (χ0v) is 15.0. The summed E-state index contributed by atoms with van der Waals surface area (Å²) in [5.41, 5.74) is 5.19. The second-order valence-electron chi connectivity index (χ2n) is 6.73. The van der Waals surface area contributed by atoms with E-state index in [-0.39, 0.29) is 17.7 Å². The van der Waals surface area contributed by atoms with Gasteiger partial charge < -0.3 is 10.2 Å². The van der Waals surface area contributed by atoms with Gasteiger partial charge in [0.25, 0.3) is 5.91 Å². The first kappa shape index (κ1) is 17.2. The van der Waals surface area contributed by atoms with Crippen LogP contribution in [0.2, 0.25) is 0 Å². The van der Waals surface area contributed by atoms with Gasteiger partial charge in [0, 0.05) is 37.2 Å². The van der Waals surface area contributed by atoms with Crippen LogP contribution in [0.15, 0.2) is 42.5 Å². The summed E-state index contributed by atoms with van der Waals surface area (Å²) in [4.78, 5) is 26.0. The van der Waals surface area contributed by atoms with Gasteiger partial charge in [0.15, 0.2) is 0 Å². The minimum absolute atomic E-state index is 0.0437. The molecular weight excluding hydrogens is 312 g/mol. The van der Waals surface area contributed by atoms with E-state index in [0.29, 0.717) is 18.7 Å². The van der Waals surface area contributed by atoms with E-state index in [0.717, 1.165) is 17.7 Å². The zero-order chi connectivity index (χ0) is 18.0. The quantitative estimate of drug-likeness (QED) is 0.928. The molecule has 4 nitrogen and oxygen atoms in total. The van der Waals surface area contributed by atoms with Crippen LogP contribution < -0.4 is 10.2 Å². The summed E-state index contributed by atoms with van der Waals surface area (Å²) < 4.78 is 0.